The Morgan fingerprint density at radius 1 is 1.06 bits per heavy atom. The van der Waals surface area contributed by atoms with Crippen molar-refractivity contribution in [1.29, 1.82) is 0 Å². The Bertz CT molecular complexity index is 1300. The van der Waals surface area contributed by atoms with Gasteiger partial charge >= 0.3 is 0 Å². The maximum atomic E-state index is 13.1. The van der Waals surface area contributed by atoms with E-state index in [0.29, 0.717) is 11.1 Å². The van der Waals surface area contributed by atoms with Gasteiger partial charge in [0.1, 0.15) is 10.9 Å². The summed E-state index contributed by atoms with van der Waals surface area (Å²) in [5, 5.41) is 13.8. The van der Waals surface area contributed by atoms with Gasteiger partial charge in [0.2, 0.25) is 15.9 Å². The van der Waals surface area contributed by atoms with Crippen LogP contribution < -0.4 is 10.0 Å². The zero-order valence-electron chi connectivity index (χ0n) is 17.3. The Hall–Kier alpha value is -2.98. The minimum atomic E-state index is -4.24. The summed E-state index contributed by atoms with van der Waals surface area (Å²) in [6.07, 6.45) is 0.0259. The lowest BCUT2D eigenvalue weighted by molar-refractivity contribution is -0.384. The maximum absolute atomic E-state index is 13.1. The molecule has 33 heavy (non-hydrogen) atoms. The summed E-state index contributed by atoms with van der Waals surface area (Å²) in [5.74, 6) is -0.691. The minimum absolute atomic E-state index is 0.0259. The largest absolute Gasteiger partial charge is 0.324 e. The topological polar surface area (TPSA) is 118 Å². The van der Waals surface area contributed by atoms with Crippen molar-refractivity contribution >= 4 is 50.5 Å². The average molecular weight is 508 g/mol. The summed E-state index contributed by atoms with van der Waals surface area (Å²) in [6, 6.07) is 15.6. The van der Waals surface area contributed by atoms with Gasteiger partial charge in [-0.2, -0.15) is 4.72 Å². The highest BCUT2D eigenvalue weighted by Crippen LogP contribution is 2.26. The SMILES string of the molecule is Cc1ccc([N+](=O)[O-])cc1NC(=O)[C@@H](Cc1ccccc1)NS(=O)(=O)c1cc(Cl)ccc1Cl. The fourth-order valence-corrected chi connectivity index (χ4v) is 5.01. The van der Waals surface area contributed by atoms with Crippen molar-refractivity contribution in [3.05, 3.63) is 98.0 Å². The molecule has 0 bridgehead atoms. The molecule has 0 unspecified atom stereocenters. The molecule has 0 aliphatic heterocycles. The molecule has 1 amide bonds. The number of benzene rings is 3. The van der Waals surface area contributed by atoms with E-state index >= 15 is 0 Å². The first-order chi connectivity index (χ1) is 15.6. The van der Waals surface area contributed by atoms with Crippen LogP contribution in [-0.2, 0) is 21.2 Å². The second kappa shape index (κ2) is 10.3. The average Bonchev–Trinajstić information content (AvgIpc) is 2.76. The summed E-state index contributed by atoms with van der Waals surface area (Å²) in [5.41, 5.74) is 1.27. The Morgan fingerprint density at radius 2 is 1.76 bits per heavy atom. The fraction of sp³-hybridized carbons (Fsp3) is 0.136. The van der Waals surface area contributed by atoms with Gasteiger partial charge in [-0.1, -0.05) is 59.6 Å². The van der Waals surface area contributed by atoms with Crippen molar-refractivity contribution in [2.24, 2.45) is 0 Å². The van der Waals surface area contributed by atoms with Gasteiger partial charge in [0.25, 0.3) is 5.69 Å². The molecule has 0 aromatic heterocycles. The lowest BCUT2D eigenvalue weighted by Crippen LogP contribution is -2.45. The van der Waals surface area contributed by atoms with Crippen molar-refractivity contribution in [2.45, 2.75) is 24.3 Å². The van der Waals surface area contributed by atoms with Crippen molar-refractivity contribution < 1.29 is 18.1 Å². The molecule has 0 saturated heterocycles. The van der Waals surface area contributed by atoms with Crippen LogP contribution >= 0.6 is 23.2 Å². The van der Waals surface area contributed by atoms with Crippen molar-refractivity contribution in [3.63, 3.8) is 0 Å². The Morgan fingerprint density at radius 3 is 2.42 bits per heavy atom. The van der Waals surface area contributed by atoms with E-state index in [1.807, 2.05) is 0 Å². The lowest BCUT2D eigenvalue weighted by Gasteiger charge is -2.20. The molecule has 0 radical (unpaired) electrons. The number of nitro groups is 1. The van der Waals surface area contributed by atoms with Gasteiger partial charge in [-0.05, 0) is 42.7 Å². The van der Waals surface area contributed by atoms with Crippen LogP contribution in [0.1, 0.15) is 11.1 Å². The molecule has 0 aliphatic carbocycles. The van der Waals surface area contributed by atoms with E-state index in [-0.39, 0.29) is 32.7 Å². The van der Waals surface area contributed by atoms with Gasteiger partial charge in [0.05, 0.1) is 15.6 Å². The lowest BCUT2D eigenvalue weighted by atomic mass is 10.1. The maximum Gasteiger partial charge on any atom is 0.271 e. The number of aryl methyl sites for hydroxylation is 1. The summed E-state index contributed by atoms with van der Waals surface area (Å²) in [7, 11) is -4.24. The predicted octanol–water partition coefficient (Wildman–Crippen LogP) is 4.74. The molecule has 0 saturated carbocycles. The number of anilines is 1. The van der Waals surface area contributed by atoms with Crippen molar-refractivity contribution in [2.75, 3.05) is 5.32 Å². The molecular formula is C22H19Cl2N3O5S. The Balaban J connectivity index is 1.94. The highest BCUT2D eigenvalue weighted by Gasteiger charge is 2.28. The number of non-ortho nitro benzene ring substituents is 1. The Kier molecular flexibility index (Phi) is 7.70. The molecule has 0 fully saturated rings. The van der Waals surface area contributed by atoms with Gasteiger partial charge in [-0.25, -0.2) is 8.42 Å². The van der Waals surface area contributed by atoms with Crippen LogP contribution in [0.5, 0.6) is 0 Å². The first kappa shape index (κ1) is 24.7. The summed E-state index contributed by atoms with van der Waals surface area (Å²) in [6.45, 7) is 1.67. The van der Waals surface area contributed by atoms with E-state index in [1.54, 1.807) is 37.3 Å². The molecular weight excluding hydrogens is 489 g/mol. The van der Waals surface area contributed by atoms with Crippen LogP contribution in [0.25, 0.3) is 0 Å². The zero-order chi connectivity index (χ0) is 24.2. The summed E-state index contributed by atoms with van der Waals surface area (Å²) >= 11 is 12.0. The number of sulfonamides is 1. The van der Waals surface area contributed by atoms with Crippen molar-refractivity contribution in [1.82, 2.24) is 4.72 Å². The monoisotopic (exact) mass is 507 g/mol. The molecule has 3 rings (SSSR count). The number of amides is 1. The number of nitro benzene ring substituents is 1. The van der Waals surface area contributed by atoms with E-state index in [0.717, 1.165) is 0 Å². The smallest absolute Gasteiger partial charge is 0.271 e. The molecule has 0 aliphatic rings. The number of nitrogens with one attached hydrogen (secondary N) is 2. The van der Waals surface area contributed by atoms with E-state index in [4.69, 9.17) is 23.2 Å². The molecule has 3 aromatic carbocycles. The third-order valence-electron chi connectivity index (χ3n) is 4.77. The molecule has 0 heterocycles. The van der Waals surface area contributed by atoms with Crippen LogP contribution in [0.2, 0.25) is 10.0 Å². The number of hydrogen-bond donors (Lipinski definition) is 2. The number of carbonyl (C=O) groups excluding carboxylic acids is 1. The molecule has 2 N–H and O–H groups in total. The van der Waals surface area contributed by atoms with Crippen LogP contribution in [0.4, 0.5) is 11.4 Å². The van der Waals surface area contributed by atoms with Crippen molar-refractivity contribution in [3.8, 4) is 0 Å². The van der Waals surface area contributed by atoms with Crippen LogP contribution in [0.15, 0.2) is 71.6 Å². The molecule has 1 atom stereocenters. The number of hydrogen-bond acceptors (Lipinski definition) is 5. The van der Waals surface area contributed by atoms with Gasteiger partial charge in [0.15, 0.2) is 0 Å². The molecule has 8 nitrogen and oxygen atoms in total. The van der Waals surface area contributed by atoms with Crippen LogP contribution in [0, 0.1) is 17.0 Å². The highest BCUT2D eigenvalue weighted by atomic mass is 35.5. The van der Waals surface area contributed by atoms with E-state index in [1.165, 1.54) is 36.4 Å². The third kappa shape index (κ3) is 6.29. The van der Waals surface area contributed by atoms with E-state index in [2.05, 4.69) is 10.0 Å². The van der Waals surface area contributed by atoms with Gasteiger partial charge < -0.3 is 5.32 Å². The second-order valence-electron chi connectivity index (χ2n) is 7.18. The number of nitrogens with zero attached hydrogens (tertiary/aromatic N) is 1. The van der Waals surface area contributed by atoms with Crippen LogP contribution in [0.3, 0.4) is 0 Å². The minimum Gasteiger partial charge on any atom is -0.324 e. The van der Waals surface area contributed by atoms with E-state index in [9.17, 15) is 23.3 Å². The second-order valence-corrected chi connectivity index (χ2v) is 9.71. The van der Waals surface area contributed by atoms with Crippen LogP contribution in [-0.4, -0.2) is 25.3 Å². The quantitative estimate of drug-likeness (QED) is 0.337. The zero-order valence-corrected chi connectivity index (χ0v) is 19.6. The van der Waals surface area contributed by atoms with Gasteiger partial charge in [-0.15, -0.1) is 0 Å². The molecule has 3 aromatic rings. The number of rotatable bonds is 8. The normalized spacial score (nSPS) is 12.2. The summed E-state index contributed by atoms with van der Waals surface area (Å²) < 4.78 is 28.5. The fourth-order valence-electron chi connectivity index (χ4n) is 3.05. The summed E-state index contributed by atoms with van der Waals surface area (Å²) in [4.78, 5) is 23.4. The first-order valence-corrected chi connectivity index (χ1v) is 11.9. The number of carbonyl (C=O) groups is 1. The Labute approximate surface area is 200 Å². The first-order valence-electron chi connectivity index (χ1n) is 9.64. The standard InChI is InChI=1S/C22H19Cl2N3O5S/c1-14-7-9-17(27(29)30)13-19(14)25-22(28)20(11-15-5-3-2-4-6-15)26-33(31,32)21-12-16(23)8-10-18(21)24/h2-10,12-13,20,26H,11H2,1H3,(H,25,28)/t20-/m1/s1. The highest BCUT2D eigenvalue weighted by molar-refractivity contribution is 7.89. The molecule has 0 spiro atoms. The molecule has 172 valence electrons. The molecule has 11 heteroatoms. The number of halogens is 2. The van der Waals surface area contributed by atoms with Gasteiger partial charge in [0, 0.05) is 17.2 Å². The van der Waals surface area contributed by atoms with E-state index < -0.39 is 26.9 Å². The van der Waals surface area contributed by atoms with Gasteiger partial charge in [-0.3, -0.25) is 14.9 Å². The third-order valence-corrected chi connectivity index (χ3v) is 6.96. The predicted molar refractivity (Wildman–Crippen MR) is 127 cm³/mol.